The van der Waals surface area contributed by atoms with Crippen LogP contribution in [0.4, 0.5) is 5.69 Å². The fraction of sp³-hybridized carbons (Fsp3) is 0.133. The Hall–Kier alpha value is -1.92. The number of fused-ring (bicyclic) bond motifs is 1. The third kappa shape index (κ3) is 3.40. The summed E-state index contributed by atoms with van der Waals surface area (Å²) in [5.41, 5.74) is 2.47. The van der Waals surface area contributed by atoms with Crippen molar-refractivity contribution in [1.29, 1.82) is 0 Å². The Morgan fingerprint density at radius 3 is 2.81 bits per heavy atom. The van der Waals surface area contributed by atoms with E-state index < -0.39 is 0 Å². The molecule has 0 bridgehead atoms. The number of benzene rings is 2. The first-order chi connectivity index (χ1) is 10.2. The summed E-state index contributed by atoms with van der Waals surface area (Å²) < 4.78 is 0.802. The van der Waals surface area contributed by atoms with Crippen LogP contribution in [-0.4, -0.2) is 21.4 Å². The van der Waals surface area contributed by atoms with Gasteiger partial charge in [-0.25, -0.2) is 0 Å². The molecule has 6 heteroatoms. The van der Waals surface area contributed by atoms with E-state index in [0.717, 1.165) is 20.8 Å². The SMILES string of the molecule is CC(Sc1nncs1)C(=O)Nc1ccc2ccccc2c1. The van der Waals surface area contributed by atoms with Crippen LogP contribution in [-0.2, 0) is 4.79 Å². The summed E-state index contributed by atoms with van der Waals surface area (Å²) in [5.74, 6) is -0.0366. The number of anilines is 1. The van der Waals surface area contributed by atoms with E-state index >= 15 is 0 Å². The molecule has 0 radical (unpaired) electrons. The molecule has 2 aromatic carbocycles. The molecule has 1 N–H and O–H groups in total. The second-order valence-electron chi connectivity index (χ2n) is 4.52. The van der Waals surface area contributed by atoms with Gasteiger partial charge in [0.05, 0.1) is 5.25 Å². The first-order valence-electron chi connectivity index (χ1n) is 6.45. The largest absolute Gasteiger partial charge is 0.325 e. The zero-order chi connectivity index (χ0) is 14.7. The topological polar surface area (TPSA) is 54.9 Å². The van der Waals surface area contributed by atoms with Crippen molar-refractivity contribution in [1.82, 2.24) is 10.2 Å². The lowest BCUT2D eigenvalue weighted by Gasteiger charge is -2.11. The Kier molecular flexibility index (Phi) is 4.17. The summed E-state index contributed by atoms with van der Waals surface area (Å²) >= 11 is 2.85. The third-order valence-corrected chi connectivity index (χ3v) is 4.92. The van der Waals surface area contributed by atoms with Crippen LogP contribution in [0, 0.1) is 0 Å². The van der Waals surface area contributed by atoms with Crippen molar-refractivity contribution in [2.75, 3.05) is 5.32 Å². The molecule has 1 heterocycles. The molecule has 1 aromatic heterocycles. The Morgan fingerprint density at radius 2 is 2.05 bits per heavy atom. The van der Waals surface area contributed by atoms with E-state index in [2.05, 4.69) is 21.6 Å². The van der Waals surface area contributed by atoms with E-state index in [9.17, 15) is 4.79 Å². The van der Waals surface area contributed by atoms with Gasteiger partial charge in [-0.2, -0.15) is 0 Å². The van der Waals surface area contributed by atoms with E-state index in [1.165, 1.54) is 23.1 Å². The Balaban J connectivity index is 1.70. The quantitative estimate of drug-likeness (QED) is 0.744. The van der Waals surface area contributed by atoms with Crippen molar-refractivity contribution < 1.29 is 4.79 Å². The molecule has 0 saturated carbocycles. The normalized spacial score (nSPS) is 12.2. The molecule has 0 aliphatic carbocycles. The number of amides is 1. The highest BCUT2D eigenvalue weighted by Gasteiger charge is 2.16. The first kappa shape index (κ1) is 14.0. The zero-order valence-corrected chi connectivity index (χ0v) is 12.9. The van der Waals surface area contributed by atoms with Crippen molar-refractivity contribution in [2.24, 2.45) is 0 Å². The highest BCUT2D eigenvalue weighted by atomic mass is 32.2. The van der Waals surface area contributed by atoms with Crippen LogP contribution >= 0.6 is 23.1 Å². The van der Waals surface area contributed by atoms with Gasteiger partial charge in [0.2, 0.25) is 5.91 Å². The summed E-state index contributed by atoms with van der Waals surface area (Å²) in [6.45, 7) is 1.86. The number of rotatable bonds is 4. The average molecular weight is 315 g/mol. The maximum Gasteiger partial charge on any atom is 0.237 e. The molecule has 0 aliphatic heterocycles. The second kappa shape index (κ2) is 6.24. The van der Waals surface area contributed by atoms with Crippen molar-refractivity contribution in [3.8, 4) is 0 Å². The van der Waals surface area contributed by atoms with E-state index in [0.29, 0.717) is 0 Å². The maximum atomic E-state index is 12.2. The molecular formula is C15H13N3OS2. The predicted octanol–water partition coefficient (Wildman–Crippen LogP) is 3.81. The van der Waals surface area contributed by atoms with E-state index in [1.807, 2.05) is 43.3 Å². The predicted molar refractivity (Wildman–Crippen MR) is 87.8 cm³/mol. The van der Waals surface area contributed by atoms with E-state index in [4.69, 9.17) is 0 Å². The van der Waals surface area contributed by atoms with Crippen molar-refractivity contribution in [2.45, 2.75) is 16.5 Å². The monoisotopic (exact) mass is 315 g/mol. The summed E-state index contributed by atoms with van der Waals surface area (Å²) in [6.07, 6.45) is 0. The zero-order valence-electron chi connectivity index (χ0n) is 11.3. The fourth-order valence-corrected chi connectivity index (χ4v) is 3.56. The minimum Gasteiger partial charge on any atom is -0.325 e. The highest BCUT2D eigenvalue weighted by molar-refractivity contribution is 8.02. The van der Waals surface area contributed by atoms with Crippen molar-refractivity contribution in [3.63, 3.8) is 0 Å². The minimum absolute atomic E-state index is 0.0366. The van der Waals surface area contributed by atoms with Gasteiger partial charge >= 0.3 is 0 Å². The number of nitrogens with zero attached hydrogens (tertiary/aromatic N) is 2. The van der Waals surface area contributed by atoms with Gasteiger partial charge in [-0.1, -0.05) is 53.4 Å². The van der Waals surface area contributed by atoms with Gasteiger partial charge < -0.3 is 5.32 Å². The Labute approximate surface area is 130 Å². The van der Waals surface area contributed by atoms with E-state index in [1.54, 1.807) is 5.51 Å². The van der Waals surface area contributed by atoms with Crippen LogP contribution in [0.3, 0.4) is 0 Å². The van der Waals surface area contributed by atoms with Gasteiger partial charge in [-0.15, -0.1) is 10.2 Å². The van der Waals surface area contributed by atoms with Crippen LogP contribution in [0.25, 0.3) is 10.8 Å². The molecule has 3 rings (SSSR count). The standard InChI is InChI=1S/C15H13N3OS2/c1-10(21-15-18-16-9-20-15)14(19)17-13-7-6-11-4-2-3-5-12(11)8-13/h2-10H,1H3,(H,17,19). The molecule has 0 saturated heterocycles. The molecule has 4 nitrogen and oxygen atoms in total. The Bertz CT molecular complexity index is 758. The molecule has 1 amide bonds. The molecule has 0 aliphatic rings. The maximum absolute atomic E-state index is 12.2. The summed E-state index contributed by atoms with van der Waals surface area (Å²) in [5, 5.41) is 12.7. The van der Waals surface area contributed by atoms with Crippen LogP contribution in [0.5, 0.6) is 0 Å². The van der Waals surface area contributed by atoms with Gasteiger partial charge in [-0.3, -0.25) is 4.79 Å². The van der Waals surface area contributed by atoms with Crippen molar-refractivity contribution >= 4 is 45.5 Å². The molecule has 0 spiro atoms. The van der Waals surface area contributed by atoms with Crippen LogP contribution in [0.2, 0.25) is 0 Å². The lowest BCUT2D eigenvalue weighted by atomic mass is 10.1. The first-order valence-corrected chi connectivity index (χ1v) is 8.21. The van der Waals surface area contributed by atoms with Crippen LogP contribution in [0.15, 0.2) is 52.3 Å². The van der Waals surface area contributed by atoms with Crippen LogP contribution < -0.4 is 5.32 Å². The van der Waals surface area contributed by atoms with Gasteiger partial charge in [0, 0.05) is 5.69 Å². The lowest BCUT2D eigenvalue weighted by molar-refractivity contribution is -0.115. The number of carbonyl (C=O) groups is 1. The molecule has 21 heavy (non-hydrogen) atoms. The van der Waals surface area contributed by atoms with E-state index in [-0.39, 0.29) is 11.2 Å². The van der Waals surface area contributed by atoms with Gasteiger partial charge in [0.1, 0.15) is 5.51 Å². The molecule has 1 unspecified atom stereocenters. The molecule has 1 atom stereocenters. The lowest BCUT2D eigenvalue weighted by Crippen LogP contribution is -2.22. The number of thioether (sulfide) groups is 1. The molecule has 106 valence electrons. The third-order valence-electron chi connectivity index (χ3n) is 3.00. The van der Waals surface area contributed by atoms with Gasteiger partial charge in [0.15, 0.2) is 4.34 Å². The molecular weight excluding hydrogens is 302 g/mol. The summed E-state index contributed by atoms with van der Waals surface area (Å²) in [6, 6.07) is 14.0. The number of hydrogen-bond acceptors (Lipinski definition) is 5. The minimum atomic E-state index is -0.218. The van der Waals surface area contributed by atoms with Gasteiger partial charge in [-0.05, 0) is 29.8 Å². The number of nitrogens with one attached hydrogen (secondary N) is 1. The summed E-state index contributed by atoms with van der Waals surface area (Å²) in [7, 11) is 0. The number of hydrogen-bond donors (Lipinski definition) is 1. The van der Waals surface area contributed by atoms with Crippen molar-refractivity contribution in [3.05, 3.63) is 48.0 Å². The number of carbonyl (C=O) groups excluding carboxylic acids is 1. The Morgan fingerprint density at radius 1 is 1.24 bits per heavy atom. The molecule has 3 aromatic rings. The highest BCUT2D eigenvalue weighted by Crippen LogP contribution is 2.25. The fourth-order valence-electron chi connectivity index (χ4n) is 1.93. The summed E-state index contributed by atoms with van der Waals surface area (Å²) in [4.78, 5) is 12.2. The number of aromatic nitrogens is 2. The average Bonchev–Trinajstić information content (AvgIpc) is 3.00. The van der Waals surface area contributed by atoms with Crippen LogP contribution in [0.1, 0.15) is 6.92 Å². The second-order valence-corrected chi connectivity index (χ2v) is 6.94. The molecule has 0 fully saturated rings. The smallest absolute Gasteiger partial charge is 0.237 e. The van der Waals surface area contributed by atoms with Gasteiger partial charge in [0.25, 0.3) is 0 Å².